The first-order chi connectivity index (χ1) is 14.7. The van der Waals surface area contributed by atoms with Crippen molar-refractivity contribution in [2.24, 2.45) is 0 Å². The van der Waals surface area contributed by atoms with Crippen LogP contribution in [0.25, 0.3) is 28.1 Å². The van der Waals surface area contributed by atoms with E-state index in [1.165, 1.54) is 17.7 Å². The molecule has 0 aliphatic heterocycles. The number of ether oxygens (including phenoxy) is 2. The number of halogens is 4. The number of methoxy groups -OCH3 is 1. The number of aromatic nitrogens is 3. The van der Waals surface area contributed by atoms with Gasteiger partial charge in [-0.25, -0.2) is 4.98 Å². The SMILES string of the molecule is COc1ccc(-c2nc3ccc(OC(F)(F)F)nc3n(-c3ccc(Cl)cc3)c2=O)cc1. The van der Waals surface area contributed by atoms with Crippen molar-refractivity contribution < 1.29 is 22.6 Å². The van der Waals surface area contributed by atoms with Crippen molar-refractivity contribution in [2.75, 3.05) is 7.11 Å². The van der Waals surface area contributed by atoms with Gasteiger partial charge in [-0.1, -0.05) is 11.6 Å². The van der Waals surface area contributed by atoms with Crippen LogP contribution in [0.3, 0.4) is 0 Å². The first-order valence-corrected chi connectivity index (χ1v) is 9.23. The fraction of sp³-hybridized carbons (Fsp3) is 0.0952. The van der Waals surface area contributed by atoms with Crippen molar-refractivity contribution in [1.82, 2.24) is 14.5 Å². The Morgan fingerprint density at radius 3 is 2.23 bits per heavy atom. The molecule has 31 heavy (non-hydrogen) atoms. The first kappa shape index (κ1) is 20.7. The molecule has 0 unspecified atom stereocenters. The average Bonchev–Trinajstić information content (AvgIpc) is 2.73. The normalized spacial score (nSPS) is 11.5. The monoisotopic (exact) mass is 447 g/mol. The van der Waals surface area contributed by atoms with Crippen molar-refractivity contribution in [1.29, 1.82) is 0 Å². The van der Waals surface area contributed by atoms with Gasteiger partial charge in [0.2, 0.25) is 5.88 Å². The van der Waals surface area contributed by atoms with E-state index >= 15 is 0 Å². The van der Waals surface area contributed by atoms with Crippen molar-refractivity contribution in [3.8, 4) is 28.6 Å². The smallest absolute Gasteiger partial charge is 0.497 e. The second kappa shape index (κ2) is 7.92. The summed E-state index contributed by atoms with van der Waals surface area (Å²) < 4.78 is 48.2. The largest absolute Gasteiger partial charge is 0.574 e. The molecule has 4 aromatic rings. The fourth-order valence-corrected chi connectivity index (χ4v) is 3.11. The lowest BCUT2D eigenvalue weighted by atomic mass is 10.1. The number of alkyl halides is 3. The number of fused-ring (bicyclic) bond motifs is 1. The van der Waals surface area contributed by atoms with Crippen molar-refractivity contribution in [2.45, 2.75) is 6.36 Å². The highest BCUT2D eigenvalue weighted by molar-refractivity contribution is 6.30. The van der Waals surface area contributed by atoms with E-state index < -0.39 is 17.8 Å². The molecule has 0 atom stereocenters. The maximum absolute atomic E-state index is 13.4. The third-order valence-corrected chi connectivity index (χ3v) is 4.60. The van der Waals surface area contributed by atoms with Crippen LogP contribution in [-0.2, 0) is 0 Å². The highest BCUT2D eigenvalue weighted by atomic mass is 35.5. The number of hydrogen-bond donors (Lipinski definition) is 0. The molecular formula is C21H13ClF3N3O3. The second-order valence-corrected chi connectivity index (χ2v) is 6.78. The summed E-state index contributed by atoms with van der Waals surface area (Å²) in [5.74, 6) is -0.112. The summed E-state index contributed by atoms with van der Waals surface area (Å²) in [4.78, 5) is 21.6. The molecular weight excluding hydrogens is 435 g/mol. The van der Waals surface area contributed by atoms with E-state index in [0.29, 0.717) is 22.0 Å². The lowest BCUT2D eigenvalue weighted by Gasteiger charge is -2.14. The van der Waals surface area contributed by atoms with Crippen LogP contribution >= 0.6 is 11.6 Å². The minimum absolute atomic E-state index is 0.0914. The summed E-state index contributed by atoms with van der Waals surface area (Å²) in [5.41, 5.74) is 0.494. The Balaban J connectivity index is 1.99. The molecule has 0 fully saturated rings. The highest BCUT2D eigenvalue weighted by Crippen LogP contribution is 2.26. The molecule has 0 saturated heterocycles. The van der Waals surface area contributed by atoms with Gasteiger partial charge in [-0.2, -0.15) is 4.98 Å². The Morgan fingerprint density at radius 2 is 1.61 bits per heavy atom. The molecule has 0 spiro atoms. The molecule has 0 amide bonds. The van der Waals surface area contributed by atoms with Crippen LogP contribution < -0.4 is 15.0 Å². The summed E-state index contributed by atoms with van der Waals surface area (Å²) in [6, 6.07) is 15.2. The molecule has 0 aliphatic rings. The number of nitrogens with zero attached hydrogens (tertiary/aromatic N) is 3. The molecule has 10 heteroatoms. The number of hydrogen-bond acceptors (Lipinski definition) is 5. The van der Waals surface area contributed by atoms with Gasteiger partial charge in [0.1, 0.15) is 17.0 Å². The standard InChI is InChI=1S/C21H13ClF3N3O3/c1-30-15-8-2-12(3-9-15)18-20(29)28(14-6-4-13(22)5-7-14)19-16(26-18)10-11-17(27-19)31-21(23,24)25/h2-11H,1H3. The van der Waals surface area contributed by atoms with Gasteiger partial charge in [0.25, 0.3) is 5.56 Å². The molecule has 6 nitrogen and oxygen atoms in total. The minimum Gasteiger partial charge on any atom is -0.497 e. The lowest BCUT2D eigenvalue weighted by Crippen LogP contribution is -2.24. The number of benzene rings is 2. The van der Waals surface area contributed by atoms with Gasteiger partial charge in [-0.05, 0) is 54.6 Å². The Morgan fingerprint density at radius 1 is 0.935 bits per heavy atom. The molecule has 0 saturated carbocycles. The van der Waals surface area contributed by atoms with Gasteiger partial charge in [-0.3, -0.25) is 9.36 Å². The zero-order chi connectivity index (χ0) is 22.2. The predicted octanol–water partition coefficient (Wildman–Crippen LogP) is 5.01. The van der Waals surface area contributed by atoms with Crippen LogP contribution in [-0.4, -0.2) is 28.0 Å². The minimum atomic E-state index is -4.93. The third kappa shape index (κ3) is 4.31. The van der Waals surface area contributed by atoms with Gasteiger partial charge < -0.3 is 9.47 Å². The van der Waals surface area contributed by atoms with Crippen LogP contribution in [0.2, 0.25) is 5.02 Å². The summed E-state index contributed by atoms with van der Waals surface area (Å²) in [7, 11) is 1.52. The maximum atomic E-state index is 13.4. The quantitative estimate of drug-likeness (QED) is 0.440. The predicted molar refractivity (Wildman–Crippen MR) is 109 cm³/mol. The summed E-state index contributed by atoms with van der Waals surface area (Å²) in [5, 5.41) is 0.430. The summed E-state index contributed by atoms with van der Waals surface area (Å²) in [6.45, 7) is 0. The van der Waals surface area contributed by atoms with E-state index in [9.17, 15) is 18.0 Å². The van der Waals surface area contributed by atoms with Crippen molar-refractivity contribution in [3.05, 3.63) is 76.0 Å². The second-order valence-electron chi connectivity index (χ2n) is 6.35. The van der Waals surface area contributed by atoms with Gasteiger partial charge in [0.15, 0.2) is 5.65 Å². The van der Waals surface area contributed by atoms with Crippen molar-refractivity contribution >= 4 is 22.8 Å². The van der Waals surface area contributed by atoms with Crippen molar-refractivity contribution in [3.63, 3.8) is 0 Å². The summed E-state index contributed by atoms with van der Waals surface area (Å²) >= 11 is 5.94. The molecule has 0 N–H and O–H groups in total. The van der Waals surface area contributed by atoms with Gasteiger partial charge >= 0.3 is 6.36 Å². The number of rotatable bonds is 4. The topological polar surface area (TPSA) is 66.2 Å². The van der Waals surface area contributed by atoms with Crippen LogP contribution in [0.4, 0.5) is 13.2 Å². The van der Waals surface area contributed by atoms with E-state index in [1.807, 2.05) is 0 Å². The Hall–Kier alpha value is -3.59. The Labute approximate surface area is 178 Å². The lowest BCUT2D eigenvalue weighted by molar-refractivity contribution is -0.276. The van der Waals surface area contributed by atoms with E-state index in [0.717, 1.165) is 6.07 Å². The summed E-state index contributed by atoms with van der Waals surface area (Å²) in [6.07, 6.45) is -4.93. The molecule has 0 bridgehead atoms. The van der Waals surface area contributed by atoms with Gasteiger partial charge in [-0.15, -0.1) is 13.2 Å². The molecule has 4 rings (SSSR count). The van der Waals surface area contributed by atoms with Crippen LogP contribution in [0.1, 0.15) is 0 Å². The molecule has 2 heterocycles. The van der Waals surface area contributed by atoms with Crippen LogP contribution in [0.5, 0.6) is 11.6 Å². The van der Waals surface area contributed by atoms with Crippen LogP contribution in [0.15, 0.2) is 65.5 Å². The zero-order valence-electron chi connectivity index (χ0n) is 15.9. The Bertz CT molecular complexity index is 1300. The van der Waals surface area contributed by atoms with E-state index in [4.69, 9.17) is 16.3 Å². The zero-order valence-corrected chi connectivity index (χ0v) is 16.6. The molecule has 0 aliphatic carbocycles. The maximum Gasteiger partial charge on any atom is 0.574 e. The fourth-order valence-electron chi connectivity index (χ4n) is 2.99. The average molecular weight is 448 g/mol. The third-order valence-electron chi connectivity index (χ3n) is 4.35. The first-order valence-electron chi connectivity index (χ1n) is 8.85. The van der Waals surface area contributed by atoms with E-state index in [1.54, 1.807) is 48.5 Å². The van der Waals surface area contributed by atoms with E-state index in [2.05, 4.69) is 14.7 Å². The molecule has 2 aromatic carbocycles. The van der Waals surface area contributed by atoms with Crippen LogP contribution in [0, 0.1) is 0 Å². The molecule has 2 aromatic heterocycles. The highest BCUT2D eigenvalue weighted by Gasteiger charge is 2.32. The van der Waals surface area contributed by atoms with E-state index in [-0.39, 0.29) is 16.9 Å². The molecule has 0 radical (unpaired) electrons. The van der Waals surface area contributed by atoms with Gasteiger partial charge in [0.05, 0.1) is 12.8 Å². The number of pyridine rings is 1. The van der Waals surface area contributed by atoms with Gasteiger partial charge in [0, 0.05) is 16.7 Å². The Kier molecular flexibility index (Phi) is 5.28. The molecule has 158 valence electrons.